The molecule has 4 nitrogen and oxygen atoms in total. The fraction of sp³-hybridized carbons (Fsp3) is 0.462. The zero-order valence-electron chi connectivity index (χ0n) is 10.7. The summed E-state index contributed by atoms with van der Waals surface area (Å²) in [4.78, 5) is 15.8. The molecule has 18 heavy (non-hydrogen) atoms. The molecule has 1 aromatic rings. The molecule has 0 fully saturated rings. The first-order valence-corrected chi connectivity index (χ1v) is 6.88. The Morgan fingerprint density at radius 1 is 1.39 bits per heavy atom. The van der Waals surface area contributed by atoms with Crippen LogP contribution in [0.3, 0.4) is 0 Å². The number of benzene rings is 1. The predicted molar refractivity (Wildman–Crippen MR) is 78.3 cm³/mol. The number of carbonyl (C=O) groups is 1. The highest BCUT2D eigenvalue weighted by molar-refractivity contribution is 9.10. The Morgan fingerprint density at radius 2 is 2.17 bits per heavy atom. The Bertz CT molecular complexity index is 450. The van der Waals surface area contributed by atoms with Gasteiger partial charge in [0.2, 0.25) is 5.91 Å². The van der Waals surface area contributed by atoms with Crippen LogP contribution in [0.2, 0.25) is 0 Å². The Kier molecular flexibility index (Phi) is 4.24. The second kappa shape index (κ2) is 5.71. The highest BCUT2D eigenvalue weighted by Gasteiger charge is 2.26. The fourth-order valence-corrected chi connectivity index (χ4v) is 2.52. The van der Waals surface area contributed by atoms with Crippen LogP contribution in [-0.4, -0.2) is 39.6 Å². The first kappa shape index (κ1) is 13.4. The van der Waals surface area contributed by atoms with Gasteiger partial charge in [-0.2, -0.15) is 0 Å². The van der Waals surface area contributed by atoms with Gasteiger partial charge in [0.15, 0.2) is 0 Å². The average Bonchev–Trinajstić information content (AvgIpc) is 2.35. The van der Waals surface area contributed by atoms with Crippen LogP contribution in [0.25, 0.3) is 0 Å². The van der Waals surface area contributed by atoms with Crippen molar-refractivity contribution in [3.8, 4) is 0 Å². The lowest BCUT2D eigenvalue weighted by atomic mass is 10.1. The molecule has 0 saturated heterocycles. The van der Waals surface area contributed by atoms with Gasteiger partial charge >= 0.3 is 0 Å². The van der Waals surface area contributed by atoms with E-state index in [1.807, 2.05) is 26.2 Å². The predicted octanol–water partition coefficient (Wildman–Crippen LogP) is 1.84. The zero-order chi connectivity index (χ0) is 13.1. The van der Waals surface area contributed by atoms with Gasteiger partial charge in [0.1, 0.15) is 0 Å². The van der Waals surface area contributed by atoms with Crippen LogP contribution in [0.4, 0.5) is 11.4 Å². The summed E-state index contributed by atoms with van der Waals surface area (Å²) in [7, 11) is 3.78. The van der Waals surface area contributed by atoms with Crippen LogP contribution in [0.15, 0.2) is 22.7 Å². The summed E-state index contributed by atoms with van der Waals surface area (Å²) in [5.41, 5.74) is 2.11. The van der Waals surface area contributed by atoms with E-state index in [9.17, 15) is 4.79 Å². The molecule has 5 heteroatoms. The SMILES string of the molecule is CNCCCN1CC(=O)N(C)c2cc(Br)ccc21. The fourth-order valence-electron chi connectivity index (χ4n) is 2.17. The van der Waals surface area contributed by atoms with Gasteiger partial charge in [0.05, 0.1) is 17.9 Å². The first-order chi connectivity index (χ1) is 8.63. The summed E-state index contributed by atoms with van der Waals surface area (Å²) in [5, 5.41) is 3.13. The van der Waals surface area contributed by atoms with Crippen LogP contribution in [0, 0.1) is 0 Å². The van der Waals surface area contributed by atoms with Crippen LogP contribution >= 0.6 is 15.9 Å². The Hall–Kier alpha value is -1.07. The summed E-state index contributed by atoms with van der Waals surface area (Å²) in [6, 6.07) is 6.09. The van der Waals surface area contributed by atoms with Crippen molar-refractivity contribution >= 4 is 33.2 Å². The number of fused-ring (bicyclic) bond motifs is 1. The molecule has 0 aromatic heterocycles. The lowest BCUT2D eigenvalue weighted by molar-refractivity contribution is -0.117. The van der Waals surface area contributed by atoms with Gasteiger partial charge in [0, 0.05) is 18.1 Å². The summed E-state index contributed by atoms with van der Waals surface area (Å²) in [6.45, 7) is 2.33. The molecule has 0 unspecified atom stereocenters. The van der Waals surface area contributed by atoms with E-state index in [0.717, 1.165) is 35.4 Å². The molecule has 1 heterocycles. The molecule has 2 rings (SSSR count). The number of amides is 1. The summed E-state index contributed by atoms with van der Waals surface area (Å²) in [6.07, 6.45) is 1.03. The highest BCUT2D eigenvalue weighted by atomic mass is 79.9. The number of halogens is 1. The van der Waals surface area contributed by atoms with Gasteiger partial charge in [-0.15, -0.1) is 0 Å². The maximum absolute atomic E-state index is 12.0. The van der Waals surface area contributed by atoms with Gasteiger partial charge in [-0.1, -0.05) is 15.9 Å². The molecule has 1 aliphatic heterocycles. The molecule has 0 saturated carbocycles. The van der Waals surface area contributed by atoms with Crippen LogP contribution < -0.4 is 15.1 Å². The third-order valence-corrected chi connectivity index (χ3v) is 3.69. The summed E-state index contributed by atoms with van der Waals surface area (Å²) in [5.74, 6) is 0.144. The lowest BCUT2D eigenvalue weighted by Crippen LogP contribution is -2.44. The second-order valence-corrected chi connectivity index (χ2v) is 5.38. The van der Waals surface area contributed by atoms with Crippen molar-refractivity contribution in [1.82, 2.24) is 5.32 Å². The van der Waals surface area contributed by atoms with E-state index in [4.69, 9.17) is 0 Å². The summed E-state index contributed by atoms with van der Waals surface area (Å²) < 4.78 is 0.998. The van der Waals surface area contributed by atoms with E-state index in [0.29, 0.717) is 6.54 Å². The smallest absolute Gasteiger partial charge is 0.246 e. The Labute approximate surface area is 116 Å². The monoisotopic (exact) mass is 311 g/mol. The second-order valence-electron chi connectivity index (χ2n) is 4.46. The third kappa shape index (κ3) is 2.67. The number of hydrogen-bond donors (Lipinski definition) is 1. The van der Waals surface area contributed by atoms with E-state index < -0.39 is 0 Å². The van der Waals surface area contributed by atoms with Crippen LogP contribution in [0.1, 0.15) is 6.42 Å². The first-order valence-electron chi connectivity index (χ1n) is 6.09. The number of rotatable bonds is 4. The van der Waals surface area contributed by atoms with Gasteiger partial charge in [-0.3, -0.25) is 4.79 Å². The number of anilines is 2. The molecule has 98 valence electrons. The van der Waals surface area contributed by atoms with E-state index in [1.54, 1.807) is 4.90 Å². The van der Waals surface area contributed by atoms with Crippen molar-refractivity contribution in [2.75, 3.05) is 43.5 Å². The minimum atomic E-state index is 0.144. The van der Waals surface area contributed by atoms with Crippen molar-refractivity contribution in [1.29, 1.82) is 0 Å². The molecule has 1 N–H and O–H groups in total. The molecule has 1 amide bonds. The number of hydrogen-bond acceptors (Lipinski definition) is 3. The number of nitrogens with zero attached hydrogens (tertiary/aromatic N) is 2. The molecule has 0 atom stereocenters. The maximum Gasteiger partial charge on any atom is 0.246 e. The average molecular weight is 312 g/mol. The molecular formula is C13H18BrN3O. The van der Waals surface area contributed by atoms with Crippen molar-refractivity contribution in [3.05, 3.63) is 22.7 Å². The minimum absolute atomic E-state index is 0.144. The van der Waals surface area contributed by atoms with Gasteiger partial charge in [-0.05, 0) is 38.2 Å². The highest BCUT2D eigenvalue weighted by Crippen LogP contribution is 2.34. The summed E-state index contributed by atoms with van der Waals surface area (Å²) >= 11 is 3.46. The largest absolute Gasteiger partial charge is 0.360 e. The molecule has 0 radical (unpaired) electrons. The van der Waals surface area contributed by atoms with Crippen molar-refractivity contribution in [3.63, 3.8) is 0 Å². The molecule has 0 bridgehead atoms. The normalized spacial score (nSPS) is 14.9. The van der Waals surface area contributed by atoms with Gasteiger partial charge < -0.3 is 15.1 Å². The van der Waals surface area contributed by atoms with Crippen LogP contribution in [-0.2, 0) is 4.79 Å². The molecular weight excluding hydrogens is 294 g/mol. The van der Waals surface area contributed by atoms with E-state index in [2.05, 4.69) is 32.2 Å². The standard InChI is InChI=1S/C13H18BrN3O/c1-15-6-3-7-17-9-13(18)16(2)12-8-10(14)4-5-11(12)17/h4-5,8,15H,3,6-7,9H2,1-2H3. The molecule has 0 spiro atoms. The minimum Gasteiger partial charge on any atom is -0.360 e. The zero-order valence-corrected chi connectivity index (χ0v) is 12.3. The van der Waals surface area contributed by atoms with E-state index in [1.165, 1.54) is 0 Å². The third-order valence-electron chi connectivity index (χ3n) is 3.19. The van der Waals surface area contributed by atoms with Crippen molar-refractivity contribution < 1.29 is 4.79 Å². The maximum atomic E-state index is 12.0. The van der Waals surface area contributed by atoms with Crippen molar-refractivity contribution in [2.24, 2.45) is 0 Å². The molecule has 1 aromatic carbocycles. The van der Waals surface area contributed by atoms with Crippen molar-refractivity contribution in [2.45, 2.75) is 6.42 Å². The number of carbonyl (C=O) groups excluding carboxylic acids is 1. The van der Waals surface area contributed by atoms with Gasteiger partial charge in [-0.25, -0.2) is 0 Å². The molecule has 1 aliphatic rings. The lowest BCUT2D eigenvalue weighted by Gasteiger charge is -2.35. The Balaban J connectivity index is 2.24. The van der Waals surface area contributed by atoms with Crippen LogP contribution in [0.5, 0.6) is 0 Å². The number of nitrogens with one attached hydrogen (secondary N) is 1. The quantitative estimate of drug-likeness (QED) is 0.862. The van der Waals surface area contributed by atoms with Gasteiger partial charge in [0.25, 0.3) is 0 Å². The Morgan fingerprint density at radius 3 is 2.89 bits per heavy atom. The van der Waals surface area contributed by atoms with E-state index in [-0.39, 0.29) is 5.91 Å². The topological polar surface area (TPSA) is 35.6 Å². The number of likely N-dealkylation sites (N-methyl/N-ethyl adjacent to an activating group) is 1. The van der Waals surface area contributed by atoms with E-state index >= 15 is 0 Å². The molecule has 0 aliphatic carbocycles.